The van der Waals surface area contributed by atoms with Gasteiger partial charge in [0.05, 0.1) is 12.8 Å². The molecule has 0 spiro atoms. The van der Waals surface area contributed by atoms with Gasteiger partial charge in [-0.25, -0.2) is 0 Å². The summed E-state index contributed by atoms with van der Waals surface area (Å²) >= 11 is 3.51. The Morgan fingerprint density at radius 3 is 2.75 bits per heavy atom. The van der Waals surface area contributed by atoms with Crippen LogP contribution in [-0.2, 0) is 6.42 Å². The van der Waals surface area contributed by atoms with E-state index in [1.54, 1.807) is 7.11 Å². The summed E-state index contributed by atoms with van der Waals surface area (Å²) < 4.78 is 8.46. The SMILES string of the molecule is COc1cc(Br)cc(-n2c(C)cc3c2CCCC3=O)c1. The predicted molar refractivity (Wildman–Crippen MR) is 82.0 cm³/mol. The number of ether oxygens (including phenoxy) is 1. The summed E-state index contributed by atoms with van der Waals surface area (Å²) in [6, 6.07) is 7.98. The number of carbonyl (C=O) groups is 1. The predicted octanol–water partition coefficient (Wildman–Crippen LogP) is 4.08. The molecule has 1 aromatic heterocycles. The molecule has 0 fully saturated rings. The number of hydrogen-bond acceptors (Lipinski definition) is 2. The first-order valence-corrected chi connectivity index (χ1v) is 7.49. The Bertz CT molecular complexity index is 688. The number of methoxy groups -OCH3 is 1. The van der Waals surface area contributed by atoms with Gasteiger partial charge in [-0.2, -0.15) is 0 Å². The van der Waals surface area contributed by atoms with E-state index in [0.29, 0.717) is 6.42 Å². The fourth-order valence-electron chi connectivity index (χ4n) is 2.88. The van der Waals surface area contributed by atoms with E-state index in [0.717, 1.165) is 45.7 Å². The quantitative estimate of drug-likeness (QED) is 0.829. The lowest BCUT2D eigenvalue weighted by Crippen LogP contribution is -2.12. The van der Waals surface area contributed by atoms with Gasteiger partial charge in [0.15, 0.2) is 5.78 Å². The Morgan fingerprint density at radius 1 is 1.20 bits per heavy atom. The minimum absolute atomic E-state index is 0.259. The van der Waals surface area contributed by atoms with Gasteiger partial charge in [0, 0.05) is 33.9 Å². The number of hydrogen-bond donors (Lipinski definition) is 0. The highest BCUT2D eigenvalue weighted by Gasteiger charge is 2.23. The first-order chi connectivity index (χ1) is 9.60. The number of halogens is 1. The summed E-state index contributed by atoms with van der Waals surface area (Å²) in [6.45, 7) is 2.04. The molecule has 3 nitrogen and oxygen atoms in total. The van der Waals surface area contributed by atoms with Crippen molar-refractivity contribution in [1.82, 2.24) is 4.57 Å². The summed E-state index contributed by atoms with van der Waals surface area (Å²) in [7, 11) is 1.66. The lowest BCUT2D eigenvalue weighted by atomic mass is 9.96. The van der Waals surface area contributed by atoms with Crippen LogP contribution in [0.3, 0.4) is 0 Å². The fraction of sp³-hybridized carbons (Fsp3) is 0.312. The molecular weight excluding hydrogens is 318 g/mol. The lowest BCUT2D eigenvalue weighted by Gasteiger charge is -2.17. The topological polar surface area (TPSA) is 31.2 Å². The Balaban J connectivity index is 2.20. The fourth-order valence-corrected chi connectivity index (χ4v) is 3.34. The molecule has 1 aliphatic carbocycles. The summed E-state index contributed by atoms with van der Waals surface area (Å²) in [5.41, 5.74) is 4.13. The molecule has 1 heterocycles. The second-order valence-corrected chi connectivity index (χ2v) is 6.02. The number of fused-ring (bicyclic) bond motifs is 1. The highest BCUT2D eigenvalue weighted by atomic mass is 79.9. The molecule has 0 N–H and O–H groups in total. The van der Waals surface area contributed by atoms with Crippen molar-refractivity contribution in [2.45, 2.75) is 26.2 Å². The maximum atomic E-state index is 12.0. The zero-order valence-corrected chi connectivity index (χ0v) is 13.2. The van der Waals surface area contributed by atoms with Crippen LogP contribution in [0.15, 0.2) is 28.7 Å². The van der Waals surface area contributed by atoms with Crippen molar-refractivity contribution in [2.75, 3.05) is 7.11 Å². The molecule has 0 bridgehead atoms. The van der Waals surface area contributed by atoms with Gasteiger partial charge in [-0.1, -0.05) is 15.9 Å². The Kier molecular flexibility index (Phi) is 3.42. The van der Waals surface area contributed by atoms with E-state index in [-0.39, 0.29) is 5.78 Å². The van der Waals surface area contributed by atoms with Crippen molar-refractivity contribution in [1.29, 1.82) is 0 Å². The molecule has 0 unspecified atom stereocenters. The smallest absolute Gasteiger partial charge is 0.164 e. The Morgan fingerprint density at radius 2 is 2.00 bits per heavy atom. The van der Waals surface area contributed by atoms with Crippen LogP contribution in [0.5, 0.6) is 5.75 Å². The summed E-state index contributed by atoms with van der Waals surface area (Å²) in [5, 5.41) is 0. The maximum Gasteiger partial charge on any atom is 0.164 e. The minimum atomic E-state index is 0.259. The average Bonchev–Trinajstić information content (AvgIpc) is 2.76. The van der Waals surface area contributed by atoms with Crippen molar-refractivity contribution in [2.24, 2.45) is 0 Å². The summed E-state index contributed by atoms with van der Waals surface area (Å²) in [6.07, 6.45) is 2.54. The molecule has 0 radical (unpaired) electrons. The van der Waals surface area contributed by atoms with E-state index in [9.17, 15) is 4.79 Å². The number of carbonyl (C=O) groups excluding carboxylic acids is 1. The van der Waals surface area contributed by atoms with Gasteiger partial charge in [0.2, 0.25) is 0 Å². The number of Topliss-reactive ketones (excluding diaryl/α,β-unsaturated/α-hetero) is 1. The molecule has 1 aliphatic rings. The second-order valence-electron chi connectivity index (χ2n) is 5.11. The van der Waals surface area contributed by atoms with E-state index in [1.807, 2.05) is 25.1 Å². The highest BCUT2D eigenvalue weighted by molar-refractivity contribution is 9.10. The van der Waals surface area contributed by atoms with Crippen LogP contribution in [0.1, 0.15) is 34.6 Å². The van der Waals surface area contributed by atoms with Gasteiger partial charge in [-0.3, -0.25) is 4.79 Å². The molecule has 4 heteroatoms. The second kappa shape index (κ2) is 5.09. The van der Waals surface area contributed by atoms with E-state index >= 15 is 0 Å². The van der Waals surface area contributed by atoms with Crippen LogP contribution in [-0.4, -0.2) is 17.5 Å². The normalized spacial score (nSPS) is 14.2. The van der Waals surface area contributed by atoms with Gasteiger partial charge in [0.1, 0.15) is 5.75 Å². The number of nitrogens with zero attached hydrogens (tertiary/aromatic N) is 1. The summed E-state index contributed by atoms with van der Waals surface area (Å²) in [4.78, 5) is 12.0. The molecule has 104 valence electrons. The van der Waals surface area contributed by atoms with Crippen LogP contribution < -0.4 is 4.74 Å². The lowest BCUT2D eigenvalue weighted by molar-refractivity contribution is 0.0972. The number of aryl methyl sites for hydroxylation is 1. The largest absolute Gasteiger partial charge is 0.497 e. The monoisotopic (exact) mass is 333 g/mol. The van der Waals surface area contributed by atoms with Gasteiger partial charge in [-0.05, 0) is 38.0 Å². The first kappa shape index (κ1) is 13.4. The number of rotatable bonds is 2. The van der Waals surface area contributed by atoms with Crippen LogP contribution in [0, 0.1) is 6.92 Å². The molecule has 0 atom stereocenters. The average molecular weight is 334 g/mol. The number of benzene rings is 1. The van der Waals surface area contributed by atoms with Crippen LogP contribution in [0.2, 0.25) is 0 Å². The molecule has 20 heavy (non-hydrogen) atoms. The standard InChI is InChI=1S/C16H16BrNO2/c1-10-6-14-15(4-3-5-16(14)19)18(10)12-7-11(17)8-13(9-12)20-2/h6-9H,3-5H2,1-2H3. The van der Waals surface area contributed by atoms with Crippen molar-refractivity contribution >= 4 is 21.7 Å². The molecule has 0 aliphatic heterocycles. The van der Waals surface area contributed by atoms with Crippen LogP contribution in [0.25, 0.3) is 5.69 Å². The zero-order valence-electron chi connectivity index (χ0n) is 11.6. The molecule has 0 saturated carbocycles. The van der Waals surface area contributed by atoms with Crippen molar-refractivity contribution < 1.29 is 9.53 Å². The summed E-state index contributed by atoms with van der Waals surface area (Å²) in [5.74, 6) is 1.06. The third-order valence-electron chi connectivity index (χ3n) is 3.75. The molecule has 3 rings (SSSR count). The Labute approximate surface area is 126 Å². The molecule has 0 saturated heterocycles. The van der Waals surface area contributed by atoms with Gasteiger partial charge in [-0.15, -0.1) is 0 Å². The van der Waals surface area contributed by atoms with Crippen molar-refractivity contribution in [3.05, 3.63) is 45.7 Å². The molecule has 1 aromatic carbocycles. The van der Waals surface area contributed by atoms with Gasteiger partial charge in [0.25, 0.3) is 0 Å². The van der Waals surface area contributed by atoms with Crippen molar-refractivity contribution in [3.63, 3.8) is 0 Å². The number of aromatic nitrogens is 1. The third kappa shape index (κ3) is 2.18. The van der Waals surface area contributed by atoms with E-state index in [4.69, 9.17) is 4.74 Å². The maximum absolute atomic E-state index is 12.0. The first-order valence-electron chi connectivity index (χ1n) is 6.69. The van der Waals surface area contributed by atoms with E-state index < -0.39 is 0 Å². The zero-order chi connectivity index (χ0) is 14.3. The molecule has 0 amide bonds. The Hall–Kier alpha value is -1.55. The number of ketones is 1. The minimum Gasteiger partial charge on any atom is -0.497 e. The molecule has 2 aromatic rings. The van der Waals surface area contributed by atoms with E-state index in [2.05, 4.69) is 26.6 Å². The van der Waals surface area contributed by atoms with Crippen LogP contribution in [0.4, 0.5) is 0 Å². The van der Waals surface area contributed by atoms with Gasteiger partial charge < -0.3 is 9.30 Å². The molecular formula is C16H16BrNO2. The third-order valence-corrected chi connectivity index (χ3v) is 4.21. The highest BCUT2D eigenvalue weighted by Crippen LogP contribution is 2.31. The van der Waals surface area contributed by atoms with Crippen LogP contribution >= 0.6 is 15.9 Å². The van der Waals surface area contributed by atoms with Gasteiger partial charge >= 0.3 is 0 Å². The van der Waals surface area contributed by atoms with E-state index in [1.165, 1.54) is 0 Å². The van der Waals surface area contributed by atoms with Crippen molar-refractivity contribution in [3.8, 4) is 11.4 Å².